The summed E-state index contributed by atoms with van der Waals surface area (Å²) in [7, 11) is 0. The van der Waals surface area contributed by atoms with Crippen molar-refractivity contribution in [3.63, 3.8) is 0 Å². The van der Waals surface area contributed by atoms with Crippen LogP contribution in [0.4, 0.5) is 0 Å². The van der Waals surface area contributed by atoms with Gasteiger partial charge in [-0.3, -0.25) is 9.69 Å². The molecule has 0 spiro atoms. The monoisotopic (exact) mass is 209 g/mol. The van der Waals surface area contributed by atoms with Crippen LogP contribution >= 0.6 is 0 Å². The summed E-state index contributed by atoms with van der Waals surface area (Å²) < 4.78 is 0. The number of carbonyl (C=O) groups is 1. The van der Waals surface area contributed by atoms with Crippen molar-refractivity contribution in [3.8, 4) is 0 Å². The zero-order chi connectivity index (χ0) is 11.4. The summed E-state index contributed by atoms with van der Waals surface area (Å²) in [5.74, 6) is -0.388. The maximum absolute atomic E-state index is 11.8. The van der Waals surface area contributed by atoms with Crippen molar-refractivity contribution in [1.82, 2.24) is 4.90 Å². The minimum atomic E-state index is -1.02. The molecule has 1 aromatic carbocycles. The molecule has 0 aromatic heterocycles. The second-order valence-electron chi connectivity index (χ2n) is 3.34. The van der Waals surface area contributed by atoms with Gasteiger partial charge in [0, 0.05) is 5.56 Å². The van der Waals surface area contributed by atoms with Crippen LogP contribution in [0.2, 0.25) is 0 Å². The SMILES string of the molecule is CC(O)N(C(=O)c1ccccc1)C(C)O. The molecule has 1 amide bonds. The van der Waals surface area contributed by atoms with Crippen LogP contribution in [0, 0.1) is 0 Å². The first-order valence-electron chi connectivity index (χ1n) is 4.78. The standard InChI is InChI=1S/C11H15NO3/c1-8(13)12(9(2)14)11(15)10-6-4-3-5-7-10/h3-9,13-14H,1-2H3. The van der Waals surface area contributed by atoms with Crippen LogP contribution in [0.15, 0.2) is 30.3 Å². The fourth-order valence-electron chi connectivity index (χ4n) is 1.38. The molecule has 1 aromatic rings. The van der Waals surface area contributed by atoms with Crippen molar-refractivity contribution in [1.29, 1.82) is 0 Å². The molecule has 4 heteroatoms. The van der Waals surface area contributed by atoms with E-state index in [4.69, 9.17) is 0 Å². The predicted molar refractivity (Wildman–Crippen MR) is 56.0 cm³/mol. The second-order valence-corrected chi connectivity index (χ2v) is 3.34. The van der Waals surface area contributed by atoms with Gasteiger partial charge in [0.2, 0.25) is 0 Å². The molecule has 0 bridgehead atoms. The largest absolute Gasteiger partial charge is 0.374 e. The lowest BCUT2D eigenvalue weighted by molar-refractivity contribution is -0.0608. The number of nitrogens with zero attached hydrogens (tertiary/aromatic N) is 1. The Morgan fingerprint density at radius 2 is 1.60 bits per heavy atom. The zero-order valence-electron chi connectivity index (χ0n) is 8.79. The molecule has 0 saturated carbocycles. The van der Waals surface area contributed by atoms with Crippen molar-refractivity contribution < 1.29 is 15.0 Å². The fraction of sp³-hybridized carbons (Fsp3) is 0.364. The van der Waals surface area contributed by atoms with E-state index >= 15 is 0 Å². The first kappa shape index (κ1) is 11.7. The van der Waals surface area contributed by atoms with Gasteiger partial charge < -0.3 is 10.2 Å². The Morgan fingerprint density at radius 3 is 2.00 bits per heavy atom. The molecule has 2 unspecified atom stereocenters. The molecule has 15 heavy (non-hydrogen) atoms. The lowest BCUT2D eigenvalue weighted by Crippen LogP contribution is -2.44. The van der Waals surface area contributed by atoms with Gasteiger partial charge in [-0.1, -0.05) is 18.2 Å². The number of carbonyl (C=O) groups excluding carboxylic acids is 1. The van der Waals surface area contributed by atoms with Crippen LogP contribution in [-0.4, -0.2) is 33.5 Å². The third-order valence-corrected chi connectivity index (χ3v) is 2.06. The Bertz CT molecular complexity index is 314. The van der Waals surface area contributed by atoms with E-state index < -0.39 is 12.5 Å². The number of aliphatic hydroxyl groups excluding tert-OH is 2. The van der Waals surface area contributed by atoms with Crippen LogP contribution in [0.25, 0.3) is 0 Å². The summed E-state index contributed by atoms with van der Waals surface area (Å²) in [5.41, 5.74) is 0.444. The molecule has 0 heterocycles. The highest BCUT2D eigenvalue weighted by Crippen LogP contribution is 2.09. The van der Waals surface area contributed by atoms with Gasteiger partial charge in [0.05, 0.1) is 0 Å². The van der Waals surface area contributed by atoms with Crippen LogP contribution in [-0.2, 0) is 0 Å². The van der Waals surface area contributed by atoms with Crippen molar-refractivity contribution in [2.45, 2.75) is 26.3 Å². The highest BCUT2D eigenvalue weighted by molar-refractivity contribution is 5.94. The number of hydrogen-bond donors (Lipinski definition) is 2. The summed E-state index contributed by atoms with van der Waals surface area (Å²) in [6.45, 7) is 2.88. The smallest absolute Gasteiger partial charge is 0.257 e. The van der Waals surface area contributed by atoms with E-state index in [0.717, 1.165) is 4.90 Å². The average Bonchev–Trinajstić information content (AvgIpc) is 2.18. The van der Waals surface area contributed by atoms with Crippen molar-refractivity contribution >= 4 is 5.91 Å². The Balaban J connectivity index is 2.92. The highest BCUT2D eigenvalue weighted by Gasteiger charge is 2.23. The van der Waals surface area contributed by atoms with Gasteiger partial charge in [-0.2, -0.15) is 0 Å². The molecule has 82 valence electrons. The normalized spacial score (nSPS) is 14.4. The van der Waals surface area contributed by atoms with Crippen molar-refractivity contribution in [2.24, 2.45) is 0 Å². The predicted octanol–water partition coefficient (Wildman–Crippen LogP) is 0.805. The van der Waals surface area contributed by atoms with Crippen LogP contribution < -0.4 is 0 Å². The third kappa shape index (κ3) is 2.78. The molecule has 2 N–H and O–H groups in total. The van der Waals surface area contributed by atoms with E-state index in [9.17, 15) is 15.0 Å². The van der Waals surface area contributed by atoms with Gasteiger partial charge >= 0.3 is 0 Å². The second kappa shape index (κ2) is 4.91. The lowest BCUT2D eigenvalue weighted by atomic mass is 10.2. The Hall–Kier alpha value is -1.39. The van der Waals surface area contributed by atoms with E-state index in [0.29, 0.717) is 5.56 Å². The van der Waals surface area contributed by atoms with Gasteiger partial charge in [-0.05, 0) is 26.0 Å². The Labute approximate surface area is 88.8 Å². The Kier molecular flexibility index (Phi) is 3.82. The summed E-state index contributed by atoms with van der Waals surface area (Å²) in [6.07, 6.45) is -2.03. The first-order valence-corrected chi connectivity index (χ1v) is 4.78. The maximum atomic E-state index is 11.8. The quantitative estimate of drug-likeness (QED) is 0.724. The molecular weight excluding hydrogens is 194 g/mol. The van der Waals surface area contributed by atoms with E-state index in [1.165, 1.54) is 13.8 Å². The molecular formula is C11H15NO3. The highest BCUT2D eigenvalue weighted by atomic mass is 16.3. The minimum Gasteiger partial charge on any atom is -0.374 e. The van der Waals surface area contributed by atoms with E-state index in [2.05, 4.69) is 0 Å². The van der Waals surface area contributed by atoms with Gasteiger partial charge in [0.15, 0.2) is 0 Å². The maximum Gasteiger partial charge on any atom is 0.257 e. The molecule has 0 radical (unpaired) electrons. The number of amides is 1. The average molecular weight is 209 g/mol. The summed E-state index contributed by atoms with van der Waals surface area (Å²) in [6, 6.07) is 8.54. The van der Waals surface area contributed by atoms with Gasteiger partial charge in [-0.25, -0.2) is 0 Å². The summed E-state index contributed by atoms with van der Waals surface area (Å²) in [4.78, 5) is 12.8. The molecule has 1 rings (SSSR count). The fourth-order valence-corrected chi connectivity index (χ4v) is 1.38. The molecule has 0 saturated heterocycles. The van der Waals surface area contributed by atoms with Crippen LogP contribution in [0.3, 0.4) is 0 Å². The number of aliphatic hydroxyl groups is 2. The number of rotatable bonds is 3. The minimum absolute atomic E-state index is 0.388. The molecule has 0 aliphatic carbocycles. The van der Waals surface area contributed by atoms with E-state index in [1.807, 2.05) is 0 Å². The lowest BCUT2D eigenvalue weighted by Gasteiger charge is -2.28. The third-order valence-electron chi connectivity index (χ3n) is 2.06. The van der Waals surface area contributed by atoms with Crippen LogP contribution in [0.1, 0.15) is 24.2 Å². The molecule has 0 fully saturated rings. The van der Waals surface area contributed by atoms with Gasteiger partial charge in [0.1, 0.15) is 12.5 Å². The Morgan fingerprint density at radius 1 is 1.13 bits per heavy atom. The first-order chi connectivity index (χ1) is 7.04. The molecule has 0 aliphatic heterocycles. The number of hydrogen-bond acceptors (Lipinski definition) is 3. The zero-order valence-corrected chi connectivity index (χ0v) is 8.79. The molecule has 0 aliphatic rings. The van der Waals surface area contributed by atoms with E-state index in [1.54, 1.807) is 30.3 Å². The van der Waals surface area contributed by atoms with Gasteiger partial charge in [0.25, 0.3) is 5.91 Å². The van der Waals surface area contributed by atoms with Crippen molar-refractivity contribution in [2.75, 3.05) is 0 Å². The summed E-state index contributed by atoms with van der Waals surface area (Å²) in [5, 5.41) is 18.7. The topological polar surface area (TPSA) is 60.8 Å². The molecule has 4 nitrogen and oxygen atoms in total. The number of benzene rings is 1. The molecule has 2 atom stereocenters. The van der Waals surface area contributed by atoms with E-state index in [-0.39, 0.29) is 5.91 Å². The van der Waals surface area contributed by atoms with Crippen LogP contribution in [0.5, 0.6) is 0 Å². The van der Waals surface area contributed by atoms with Crippen molar-refractivity contribution in [3.05, 3.63) is 35.9 Å². The van der Waals surface area contributed by atoms with Gasteiger partial charge in [-0.15, -0.1) is 0 Å². The summed E-state index contributed by atoms with van der Waals surface area (Å²) >= 11 is 0.